The maximum absolute atomic E-state index is 14.1. The summed E-state index contributed by atoms with van der Waals surface area (Å²) in [5.41, 5.74) is 13.2. The lowest BCUT2D eigenvalue weighted by Gasteiger charge is -2.30. The highest BCUT2D eigenvalue weighted by molar-refractivity contribution is 5.92. The fraction of sp³-hybridized carbons (Fsp3) is 0.219. The molecule has 3 aromatic carbocycles. The van der Waals surface area contributed by atoms with Crippen LogP contribution in [0.5, 0.6) is 0 Å². The van der Waals surface area contributed by atoms with Crippen LogP contribution in [0, 0.1) is 0 Å². The summed E-state index contributed by atoms with van der Waals surface area (Å²) in [6, 6.07) is 19.6. The summed E-state index contributed by atoms with van der Waals surface area (Å²) in [7, 11) is 0. The first-order valence-corrected chi connectivity index (χ1v) is 14.3. The van der Waals surface area contributed by atoms with E-state index in [0.29, 0.717) is 16.5 Å². The molecular weight excluding hydrogens is 587 g/mol. The minimum Gasteiger partial charge on any atom is -0.393 e. The number of halogens is 3. The molecule has 6 aromatic rings. The lowest BCUT2D eigenvalue weighted by atomic mass is 9.96. The second-order valence-corrected chi connectivity index (χ2v) is 11.2. The number of aromatic amines is 1. The zero-order valence-corrected chi connectivity index (χ0v) is 23.8. The third kappa shape index (κ3) is 5.09. The van der Waals surface area contributed by atoms with E-state index >= 15 is 0 Å². The summed E-state index contributed by atoms with van der Waals surface area (Å²) in [5.74, 6) is -0.161. The molecule has 0 aliphatic carbocycles. The van der Waals surface area contributed by atoms with Gasteiger partial charge in [0.05, 0.1) is 22.7 Å². The van der Waals surface area contributed by atoms with Gasteiger partial charge >= 0.3 is 6.18 Å². The molecule has 0 unspecified atom stereocenters. The molecule has 1 aliphatic heterocycles. The molecule has 0 spiro atoms. The van der Waals surface area contributed by atoms with Crippen molar-refractivity contribution in [3.63, 3.8) is 0 Å². The first-order valence-electron chi connectivity index (χ1n) is 14.3. The molecular formula is C32H28F3N7O3. The number of likely N-dealkylation sites (tertiary alicyclic amines) is 1. The third-order valence-corrected chi connectivity index (χ3v) is 8.30. The van der Waals surface area contributed by atoms with Gasteiger partial charge in [-0.2, -0.15) is 18.3 Å². The average molecular weight is 616 g/mol. The van der Waals surface area contributed by atoms with E-state index in [-0.39, 0.29) is 34.5 Å². The lowest BCUT2D eigenvalue weighted by Crippen LogP contribution is -2.35. The van der Waals surface area contributed by atoms with Gasteiger partial charge in [0, 0.05) is 19.6 Å². The Morgan fingerprint density at radius 3 is 2.44 bits per heavy atom. The maximum Gasteiger partial charge on any atom is 0.437 e. The molecule has 230 valence electrons. The van der Waals surface area contributed by atoms with E-state index in [9.17, 15) is 23.1 Å². The molecule has 0 radical (unpaired) electrons. The first kappa shape index (κ1) is 28.6. The third-order valence-electron chi connectivity index (χ3n) is 8.30. The van der Waals surface area contributed by atoms with Crippen molar-refractivity contribution in [3.05, 3.63) is 88.2 Å². The predicted molar refractivity (Wildman–Crippen MR) is 164 cm³/mol. The molecule has 10 nitrogen and oxygen atoms in total. The van der Waals surface area contributed by atoms with E-state index in [1.165, 1.54) is 18.2 Å². The number of aromatic nitrogens is 4. The number of pyridine rings is 1. The highest BCUT2D eigenvalue weighted by atomic mass is 19.4. The Bertz CT molecular complexity index is 2110. The molecule has 1 fully saturated rings. The molecule has 6 N–H and O–H groups in total. The average Bonchev–Trinajstić information content (AvgIpc) is 3.59. The van der Waals surface area contributed by atoms with Crippen LogP contribution >= 0.6 is 0 Å². The fourth-order valence-corrected chi connectivity index (χ4v) is 6.01. The van der Waals surface area contributed by atoms with Crippen LogP contribution in [0.2, 0.25) is 0 Å². The molecule has 0 bridgehead atoms. The van der Waals surface area contributed by atoms with Crippen molar-refractivity contribution in [1.29, 1.82) is 0 Å². The Hall–Kier alpha value is -5.14. The molecule has 4 heterocycles. The summed E-state index contributed by atoms with van der Waals surface area (Å²) < 4.78 is 48.4. The topological polar surface area (TPSA) is 152 Å². The van der Waals surface area contributed by atoms with Gasteiger partial charge in [-0.3, -0.25) is 9.69 Å². The van der Waals surface area contributed by atoms with Gasteiger partial charge < -0.3 is 26.1 Å². The standard InChI is InChI=1S/C32H28F3N7O3/c33-32(34,35)29-26-27(42(39-29)20-9-10-24-23(15-20)30(36)40-45-24)28(44)25(31(37)38-26)18-7-5-17(6-8-18)22-4-2-1-3-19(22)16-41-13-11-21(43)12-14-41/h1-10,15,21,43H,11-14,16H2,(H2,36,40)(H3,37,38,44). The first-order chi connectivity index (χ1) is 21.6. The zero-order valence-electron chi connectivity index (χ0n) is 23.8. The van der Waals surface area contributed by atoms with Gasteiger partial charge in [-0.05, 0) is 53.3 Å². The summed E-state index contributed by atoms with van der Waals surface area (Å²) in [5, 5.41) is 17.7. The summed E-state index contributed by atoms with van der Waals surface area (Å²) in [6.07, 6.45) is -3.65. The highest BCUT2D eigenvalue weighted by Crippen LogP contribution is 2.36. The number of nitrogens with two attached hydrogens (primary N) is 2. The second-order valence-electron chi connectivity index (χ2n) is 11.2. The SMILES string of the molecule is Nc1[nH]c2c(C(F)(F)F)nn(-c3ccc4onc(N)c4c3)c2c(=O)c1-c1ccc(-c2ccccc2CN2CCC(O)CC2)cc1. The van der Waals surface area contributed by atoms with Crippen LogP contribution in [-0.4, -0.2) is 49.1 Å². The quantitative estimate of drug-likeness (QED) is 0.203. The van der Waals surface area contributed by atoms with Gasteiger partial charge in [-0.25, -0.2) is 4.68 Å². The van der Waals surface area contributed by atoms with E-state index in [1.807, 2.05) is 30.3 Å². The second kappa shape index (κ2) is 10.8. The largest absolute Gasteiger partial charge is 0.437 e. The summed E-state index contributed by atoms with van der Waals surface area (Å²) in [4.78, 5) is 18.9. The van der Waals surface area contributed by atoms with Crippen LogP contribution in [0.1, 0.15) is 24.1 Å². The molecule has 1 saturated heterocycles. The minimum atomic E-state index is -4.87. The Kier molecular flexibility index (Phi) is 6.86. The number of anilines is 2. The number of fused-ring (bicyclic) bond motifs is 2. The lowest BCUT2D eigenvalue weighted by molar-refractivity contribution is -0.140. The number of aliphatic hydroxyl groups excluding tert-OH is 1. The minimum absolute atomic E-state index is 0.0228. The Balaban J connectivity index is 1.31. The van der Waals surface area contributed by atoms with Crippen molar-refractivity contribution >= 4 is 33.6 Å². The molecule has 0 saturated carbocycles. The molecule has 3 aromatic heterocycles. The van der Waals surface area contributed by atoms with Crippen LogP contribution in [0.4, 0.5) is 24.8 Å². The molecule has 0 amide bonds. The van der Waals surface area contributed by atoms with Gasteiger partial charge in [0.1, 0.15) is 16.9 Å². The number of piperidine rings is 1. The van der Waals surface area contributed by atoms with Crippen molar-refractivity contribution in [2.75, 3.05) is 24.6 Å². The van der Waals surface area contributed by atoms with Crippen molar-refractivity contribution in [2.45, 2.75) is 31.7 Å². The molecule has 13 heteroatoms. The molecule has 7 rings (SSSR count). The molecule has 1 aliphatic rings. The highest BCUT2D eigenvalue weighted by Gasteiger charge is 2.39. The van der Waals surface area contributed by atoms with Crippen molar-refractivity contribution in [2.24, 2.45) is 0 Å². The number of nitrogens with zero attached hydrogens (tertiary/aromatic N) is 4. The van der Waals surface area contributed by atoms with E-state index in [0.717, 1.165) is 53.8 Å². The number of hydrogen-bond donors (Lipinski definition) is 4. The van der Waals surface area contributed by atoms with E-state index < -0.39 is 22.8 Å². The number of alkyl halides is 3. The Morgan fingerprint density at radius 2 is 1.71 bits per heavy atom. The number of nitrogen functional groups attached to an aromatic ring is 2. The van der Waals surface area contributed by atoms with E-state index in [1.54, 1.807) is 12.1 Å². The van der Waals surface area contributed by atoms with Gasteiger partial charge in [0.15, 0.2) is 17.1 Å². The summed E-state index contributed by atoms with van der Waals surface area (Å²) >= 11 is 0. The zero-order chi connectivity index (χ0) is 31.5. The molecule has 45 heavy (non-hydrogen) atoms. The van der Waals surface area contributed by atoms with E-state index in [2.05, 4.69) is 26.2 Å². The Labute approximate surface area is 253 Å². The van der Waals surface area contributed by atoms with E-state index in [4.69, 9.17) is 16.0 Å². The van der Waals surface area contributed by atoms with Crippen LogP contribution in [0.15, 0.2) is 76.0 Å². The number of H-pyrrole nitrogens is 1. The van der Waals surface area contributed by atoms with Crippen LogP contribution in [-0.2, 0) is 12.7 Å². The molecule has 0 atom stereocenters. The van der Waals surface area contributed by atoms with Gasteiger partial charge in [-0.1, -0.05) is 53.7 Å². The number of hydrogen-bond acceptors (Lipinski definition) is 8. The number of benzene rings is 3. The fourth-order valence-electron chi connectivity index (χ4n) is 6.01. The maximum atomic E-state index is 14.1. The van der Waals surface area contributed by atoms with Gasteiger partial charge in [0.2, 0.25) is 5.43 Å². The van der Waals surface area contributed by atoms with Crippen LogP contribution < -0.4 is 16.9 Å². The summed E-state index contributed by atoms with van der Waals surface area (Å²) in [6.45, 7) is 2.35. The number of nitrogens with one attached hydrogen (secondary N) is 1. The van der Waals surface area contributed by atoms with Crippen LogP contribution in [0.25, 0.3) is 49.9 Å². The van der Waals surface area contributed by atoms with Crippen molar-refractivity contribution in [3.8, 4) is 27.9 Å². The normalized spacial score (nSPS) is 14.9. The smallest absolute Gasteiger partial charge is 0.393 e. The van der Waals surface area contributed by atoms with Crippen molar-refractivity contribution < 1.29 is 22.8 Å². The number of aliphatic hydroxyl groups is 1. The number of rotatable bonds is 5. The van der Waals surface area contributed by atoms with Crippen molar-refractivity contribution in [1.82, 2.24) is 24.8 Å². The van der Waals surface area contributed by atoms with Gasteiger partial charge in [0.25, 0.3) is 0 Å². The monoisotopic (exact) mass is 615 g/mol. The Morgan fingerprint density at radius 1 is 1.00 bits per heavy atom. The predicted octanol–water partition coefficient (Wildman–Crippen LogP) is 5.33. The van der Waals surface area contributed by atoms with Crippen LogP contribution in [0.3, 0.4) is 0 Å². The van der Waals surface area contributed by atoms with Gasteiger partial charge in [-0.15, -0.1) is 0 Å².